The molecule has 2 rings (SSSR count). The maximum absolute atomic E-state index is 5.50. The first-order valence-corrected chi connectivity index (χ1v) is 5.17. The molecule has 0 saturated carbocycles. The number of ether oxygens (including phenoxy) is 2. The smallest absolute Gasteiger partial charge is 0.231 e. The van der Waals surface area contributed by atoms with Gasteiger partial charge in [-0.25, -0.2) is 0 Å². The fourth-order valence-corrected chi connectivity index (χ4v) is 2.01. The minimum atomic E-state index is 0.331. The van der Waals surface area contributed by atoms with Gasteiger partial charge in [0.2, 0.25) is 6.79 Å². The third-order valence-electron chi connectivity index (χ3n) is 1.96. The van der Waals surface area contributed by atoms with Gasteiger partial charge in [0, 0.05) is 3.57 Å². The van der Waals surface area contributed by atoms with Crippen molar-refractivity contribution >= 4 is 22.6 Å². The molecule has 1 aromatic rings. The molecule has 1 aliphatic heterocycles. The maximum Gasteiger partial charge on any atom is 0.231 e. The number of rotatable bonds is 2. The highest BCUT2D eigenvalue weighted by Crippen LogP contribution is 2.35. The van der Waals surface area contributed by atoms with Crippen LogP contribution in [0, 0.1) is 3.57 Å². The maximum atomic E-state index is 5.50. The van der Waals surface area contributed by atoms with Crippen LogP contribution in [-0.4, -0.2) is 13.3 Å². The van der Waals surface area contributed by atoms with Gasteiger partial charge in [-0.3, -0.25) is 0 Å². The lowest BCUT2D eigenvalue weighted by molar-refractivity contribution is 0.174. The standard InChI is InChI=1S/C9H10INO2/c10-7-4-9-8(12-5-13-9)3-6(7)1-2-11/h3-4H,1-2,5,11H2. The Bertz CT molecular complexity index is 328. The molecule has 13 heavy (non-hydrogen) atoms. The molecule has 0 atom stereocenters. The van der Waals surface area contributed by atoms with Crippen molar-refractivity contribution in [2.45, 2.75) is 6.42 Å². The van der Waals surface area contributed by atoms with Crippen LogP contribution in [0.4, 0.5) is 0 Å². The van der Waals surface area contributed by atoms with Crippen molar-refractivity contribution in [3.63, 3.8) is 0 Å². The average molecular weight is 291 g/mol. The highest BCUT2D eigenvalue weighted by atomic mass is 127. The second-order valence-electron chi connectivity index (χ2n) is 2.84. The van der Waals surface area contributed by atoms with Crippen molar-refractivity contribution in [3.05, 3.63) is 21.3 Å². The summed E-state index contributed by atoms with van der Waals surface area (Å²) in [7, 11) is 0. The van der Waals surface area contributed by atoms with E-state index in [0.717, 1.165) is 17.9 Å². The summed E-state index contributed by atoms with van der Waals surface area (Å²) in [5.41, 5.74) is 6.73. The van der Waals surface area contributed by atoms with Crippen molar-refractivity contribution < 1.29 is 9.47 Å². The van der Waals surface area contributed by atoms with Crippen LogP contribution in [0.2, 0.25) is 0 Å². The molecule has 0 unspecified atom stereocenters. The number of halogens is 1. The third kappa shape index (κ3) is 1.73. The van der Waals surface area contributed by atoms with Gasteiger partial charge in [-0.15, -0.1) is 0 Å². The molecule has 0 aromatic heterocycles. The van der Waals surface area contributed by atoms with Crippen LogP contribution in [0.1, 0.15) is 5.56 Å². The molecule has 0 aliphatic carbocycles. The van der Waals surface area contributed by atoms with E-state index < -0.39 is 0 Å². The van der Waals surface area contributed by atoms with E-state index in [1.165, 1.54) is 9.13 Å². The van der Waals surface area contributed by atoms with Crippen molar-refractivity contribution in [1.82, 2.24) is 0 Å². The highest BCUT2D eigenvalue weighted by molar-refractivity contribution is 14.1. The fraction of sp³-hybridized carbons (Fsp3) is 0.333. The predicted molar refractivity (Wildman–Crippen MR) is 58.0 cm³/mol. The van der Waals surface area contributed by atoms with Gasteiger partial charge in [0.25, 0.3) is 0 Å². The predicted octanol–water partition coefficient (Wildman–Crippen LogP) is 1.52. The molecule has 4 heteroatoms. The summed E-state index contributed by atoms with van der Waals surface area (Å²) in [5.74, 6) is 1.68. The number of hydrogen-bond acceptors (Lipinski definition) is 3. The van der Waals surface area contributed by atoms with E-state index in [1.54, 1.807) is 0 Å². The van der Waals surface area contributed by atoms with E-state index in [1.807, 2.05) is 12.1 Å². The van der Waals surface area contributed by atoms with Crippen molar-refractivity contribution in [1.29, 1.82) is 0 Å². The number of nitrogens with two attached hydrogens (primary N) is 1. The molecule has 0 saturated heterocycles. The van der Waals surface area contributed by atoms with Gasteiger partial charge < -0.3 is 15.2 Å². The molecular weight excluding hydrogens is 281 g/mol. The van der Waals surface area contributed by atoms with E-state index in [-0.39, 0.29) is 0 Å². The Balaban J connectivity index is 2.37. The molecule has 2 N–H and O–H groups in total. The molecule has 1 aromatic carbocycles. The van der Waals surface area contributed by atoms with Gasteiger partial charge in [-0.2, -0.15) is 0 Å². The van der Waals surface area contributed by atoms with E-state index in [9.17, 15) is 0 Å². The van der Waals surface area contributed by atoms with Gasteiger partial charge in [0.05, 0.1) is 0 Å². The number of fused-ring (bicyclic) bond motifs is 1. The molecule has 0 fully saturated rings. The van der Waals surface area contributed by atoms with E-state index in [4.69, 9.17) is 15.2 Å². The Morgan fingerprint density at radius 3 is 2.69 bits per heavy atom. The normalized spacial score (nSPS) is 13.4. The van der Waals surface area contributed by atoms with Crippen LogP contribution < -0.4 is 15.2 Å². The van der Waals surface area contributed by atoms with E-state index >= 15 is 0 Å². The Hall–Kier alpha value is -0.490. The summed E-state index contributed by atoms with van der Waals surface area (Å²) < 4.78 is 11.7. The Kier molecular flexibility index (Phi) is 2.59. The zero-order valence-corrected chi connectivity index (χ0v) is 9.21. The summed E-state index contributed by atoms with van der Waals surface area (Å²) in [6.07, 6.45) is 0.884. The highest BCUT2D eigenvalue weighted by Gasteiger charge is 2.15. The van der Waals surface area contributed by atoms with E-state index in [2.05, 4.69) is 22.6 Å². The van der Waals surface area contributed by atoms with Crippen LogP contribution in [0.15, 0.2) is 12.1 Å². The molecule has 1 heterocycles. The lowest BCUT2D eigenvalue weighted by Gasteiger charge is -2.04. The van der Waals surface area contributed by atoms with Gasteiger partial charge in [0.1, 0.15) is 0 Å². The SMILES string of the molecule is NCCc1cc2c(cc1I)OCO2. The summed E-state index contributed by atoms with van der Waals surface area (Å²) in [6, 6.07) is 4.00. The second kappa shape index (κ2) is 3.71. The third-order valence-corrected chi connectivity index (χ3v) is 2.96. The van der Waals surface area contributed by atoms with Crippen LogP contribution >= 0.6 is 22.6 Å². The van der Waals surface area contributed by atoms with Gasteiger partial charge in [-0.1, -0.05) is 0 Å². The summed E-state index contributed by atoms with van der Waals surface area (Å²) in [6.45, 7) is 0.993. The molecule has 0 radical (unpaired) electrons. The molecule has 0 amide bonds. The largest absolute Gasteiger partial charge is 0.454 e. The zero-order valence-electron chi connectivity index (χ0n) is 7.05. The first-order chi connectivity index (χ1) is 6.31. The monoisotopic (exact) mass is 291 g/mol. The molecule has 0 bridgehead atoms. The minimum Gasteiger partial charge on any atom is -0.454 e. The Labute approximate surface area is 90.3 Å². The topological polar surface area (TPSA) is 44.5 Å². The van der Waals surface area contributed by atoms with Crippen molar-refractivity contribution in [2.75, 3.05) is 13.3 Å². The number of hydrogen-bond donors (Lipinski definition) is 1. The first kappa shape index (κ1) is 9.08. The second-order valence-corrected chi connectivity index (χ2v) is 4.00. The molecule has 0 spiro atoms. The van der Waals surface area contributed by atoms with Gasteiger partial charge in [-0.05, 0) is 53.3 Å². The van der Waals surface area contributed by atoms with Gasteiger partial charge in [0.15, 0.2) is 11.5 Å². The van der Waals surface area contributed by atoms with Crippen LogP contribution in [0.3, 0.4) is 0 Å². The Morgan fingerprint density at radius 1 is 1.31 bits per heavy atom. The molecule has 70 valence electrons. The van der Waals surface area contributed by atoms with E-state index in [0.29, 0.717) is 13.3 Å². The molecule has 3 nitrogen and oxygen atoms in total. The zero-order chi connectivity index (χ0) is 9.26. The van der Waals surface area contributed by atoms with Gasteiger partial charge >= 0.3 is 0 Å². The Morgan fingerprint density at radius 2 is 2.00 bits per heavy atom. The lowest BCUT2D eigenvalue weighted by Crippen LogP contribution is -2.04. The summed E-state index contributed by atoms with van der Waals surface area (Å²) in [4.78, 5) is 0. The number of benzene rings is 1. The average Bonchev–Trinajstić information content (AvgIpc) is 2.52. The molecule has 1 aliphatic rings. The molecular formula is C9H10INO2. The van der Waals surface area contributed by atoms with Crippen LogP contribution in [-0.2, 0) is 6.42 Å². The fourth-order valence-electron chi connectivity index (χ4n) is 1.31. The minimum absolute atomic E-state index is 0.331. The van der Waals surface area contributed by atoms with Crippen LogP contribution in [0.25, 0.3) is 0 Å². The van der Waals surface area contributed by atoms with Crippen molar-refractivity contribution in [2.24, 2.45) is 5.73 Å². The summed E-state index contributed by atoms with van der Waals surface area (Å²) >= 11 is 2.29. The van der Waals surface area contributed by atoms with Crippen LogP contribution in [0.5, 0.6) is 11.5 Å². The quantitative estimate of drug-likeness (QED) is 0.840. The first-order valence-electron chi connectivity index (χ1n) is 4.09. The lowest BCUT2D eigenvalue weighted by atomic mass is 10.1. The summed E-state index contributed by atoms with van der Waals surface area (Å²) in [5, 5.41) is 0. The van der Waals surface area contributed by atoms with Crippen molar-refractivity contribution in [3.8, 4) is 11.5 Å².